The van der Waals surface area contributed by atoms with Crippen LogP contribution in [0.4, 0.5) is 4.79 Å². The van der Waals surface area contributed by atoms with Crippen LogP contribution in [0.1, 0.15) is 32.3 Å². The maximum Gasteiger partial charge on any atom is 0.412 e. The van der Waals surface area contributed by atoms with Gasteiger partial charge in [-0.2, -0.15) is 0 Å². The lowest BCUT2D eigenvalue weighted by atomic mass is 10.1. The highest BCUT2D eigenvalue weighted by molar-refractivity contribution is 5.71. The quantitative estimate of drug-likeness (QED) is 0.780. The Morgan fingerprint density at radius 2 is 2.00 bits per heavy atom. The van der Waals surface area contributed by atoms with Gasteiger partial charge in [-0.15, -0.1) is 0 Å². The third-order valence-corrected chi connectivity index (χ3v) is 3.89. The molecule has 0 N–H and O–H groups in total. The van der Waals surface area contributed by atoms with Crippen molar-refractivity contribution in [2.75, 3.05) is 13.7 Å². The van der Waals surface area contributed by atoms with Crippen LogP contribution >= 0.6 is 0 Å². The second kappa shape index (κ2) is 7.46. The minimum Gasteiger partial charge on any atom is -0.469 e. The maximum atomic E-state index is 12.5. The number of methoxy groups -OCH3 is 1. The Bertz CT molecular complexity index is 543. The van der Waals surface area contributed by atoms with Crippen molar-refractivity contribution in [2.24, 2.45) is 0 Å². The lowest BCUT2D eigenvalue weighted by Gasteiger charge is -2.32. The highest BCUT2D eigenvalue weighted by Gasteiger charge is 2.44. The van der Waals surface area contributed by atoms with Crippen molar-refractivity contribution >= 4 is 12.1 Å². The van der Waals surface area contributed by atoms with Crippen LogP contribution in [-0.4, -0.2) is 42.4 Å². The van der Waals surface area contributed by atoms with Gasteiger partial charge in [0.05, 0.1) is 19.8 Å². The van der Waals surface area contributed by atoms with Gasteiger partial charge in [0.2, 0.25) is 0 Å². The number of nitrogens with zero attached hydrogens (tertiary/aromatic N) is 1. The molecule has 1 fully saturated rings. The van der Waals surface area contributed by atoms with E-state index in [4.69, 9.17) is 9.47 Å². The normalized spacial score (nSPS) is 19.4. The fourth-order valence-corrected chi connectivity index (χ4v) is 2.64. The molecule has 0 aromatic heterocycles. The smallest absolute Gasteiger partial charge is 0.412 e. The van der Waals surface area contributed by atoms with Crippen LogP contribution in [0.15, 0.2) is 30.3 Å². The van der Waals surface area contributed by atoms with Gasteiger partial charge in [-0.3, -0.25) is 9.69 Å². The summed E-state index contributed by atoms with van der Waals surface area (Å²) in [4.78, 5) is 25.4. The third-order valence-electron chi connectivity index (χ3n) is 3.89. The van der Waals surface area contributed by atoms with Crippen LogP contribution in [0, 0.1) is 0 Å². The standard InChI is InChI=1S/C17H23NO5/c1-17(2)18(14(12-23-17)9-10-15(19)21-3)16(20)22-11-13-7-5-4-6-8-13/h4-8,14H,9-12H2,1-3H3/t14-/m0/s1. The molecule has 1 heterocycles. The maximum absolute atomic E-state index is 12.5. The van der Waals surface area contributed by atoms with E-state index in [2.05, 4.69) is 4.74 Å². The van der Waals surface area contributed by atoms with Gasteiger partial charge in [0.1, 0.15) is 12.3 Å². The van der Waals surface area contributed by atoms with Crippen LogP contribution in [0.3, 0.4) is 0 Å². The zero-order valence-corrected chi connectivity index (χ0v) is 13.8. The highest BCUT2D eigenvalue weighted by Crippen LogP contribution is 2.30. The summed E-state index contributed by atoms with van der Waals surface area (Å²) in [5.41, 5.74) is 0.166. The SMILES string of the molecule is COC(=O)CC[C@H]1COC(C)(C)N1C(=O)OCc1ccccc1. The molecule has 1 aromatic rings. The average Bonchev–Trinajstić information content (AvgIpc) is 2.86. The number of hydrogen-bond donors (Lipinski definition) is 0. The van der Waals surface area contributed by atoms with Crippen LogP contribution < -0.4 is 0 Å². The topological polar surface area (TPSA) is 65.1 Å². The molecule has 1 aromatic carbocycles. The van der Waals surface area contributed by atoms with Crippen molar-refractivity contribution in [1.82, 2.24) is 4.90 Å². The van der Waals surface area contributed by atoms with Crippen LogP contribution in [0.2, 0.25) is 0 Å². The molecular formula is C17H23NO5. The van der Waals surface area contributed by atoms with E-state index >= 15 is 0 Å². The monoisotopic (exact) mass is 321 g/mol. The Morgan fingerprint density at radius 1 is 1.30 bits per heavy atom. The Labute approximate surface area is 136 Å². The van der Waals surface area contributed by atoms with Crippen LogP contribution in [0.25, 0.3) is 0 Å². The molecule has 0 unspecified atom stereocenters. The minimum atomic E-state index is -0.755. The molecule has 1 saturated heterocycles. The van der Waals surface area contributed by atoms with Gasteiger partial charge in [-0.05, 0) is 25.8 Å². The third kappa shape index (κ3) is 4.45. The summed E-state index contributed by atoms with van der Waals surface area (Å²) in [6.07, 6.45) is 0.283. The van der Waals surface area contributed by atoms with Gasteiger partial charge >= 0.3 is 12.1 Å². The van der Waals surface area contributed by atoms with Crippen LogP contribution in [0.5, 0.6) is 0 Å². The second-order valence-corrected chi connectivity index (χ2v) is 5.94. The number of hydrogen-bond acceptors (Lipinski definition) is 5. The number of rotatable bonds is 5. The van der Waals surface area contributed by atoms with Crippen molar-refractivity contribution < 1.29 is 23.8 Å². The average molecular weight is 321 g/mol. The van der Waals surface area contributed by atoms with Crippen molar-refractivity contribution in [3.8, 4) is 0 Å². The first-order valence-electron chi connectivity index (χ1n) is 7.65. The first-order valence-corrected chi connectivity index (χ1v) is 7.65. The molecule has 126 valence electrons. The van der Waals surface area contributed by atoms with E-state index in [0.717, 1.165) is 5.56 Å². The van der Waals surface area contributed by atoms with Crippen LogP contribution in [-0.2, 0) is 25.6 Å². The Morgan fingerprint density at radius 3 is 2.65 bits per heavy atom. The first kappa shape index (κ1) is 17.3. The lowest BCUT2D eigenvalue weighted by molar-refractivity contribution is -0.141. The fourth-order valence-electron chi connectivity index (χ4n) is 2.64. The summed E-state index contributed by atoms with van der Waals surface area (Å²) in [6, 6.07) is 9.29. The summed E-state index contributed by atoms with van der Waals surface area (Å²) >= 11 is 0. The number of benzene rings is 1. The minimum absolute atomic E-state index is 0.202. The predicted octanol–water partition coefficient (Wildman–Crippen LogP) is 2.71. The molecule has 6 heteroatoms. The van der Waals surface area contributed by atoms with E-state index in [9.17, 15) is 9.59 Å². The molecule has 1 amide bonds. The first-order chi connectivity index (χ1) is 10.9. The van der Waals surface area contributed by atoms with Crippen molar-refractivity contribution in [1.29, 1.82) is 0 Å². The molecule has 2 rings (SSSR count). The summed E-state index contributed by atoms with van der Waals surface area (Å²) in [7, 11) is 1.35. The summed E-state index contributed by atoms with van der Waals surface area (Å²) in [5.74, 6) is -0.299. The van der Waals surface area contributed by atoms with E-state index in [1.54, 1.807) is 4.90 Å². The molecule has 0 radical (unpaired) electrons. The summed E-state index contributed by atoms with van der Waals surface area (Å²) in [5, 5.41) is 0. The second-order valence-electron chi connectivity index (χ2n) is 5.94. The van der Waals surface area contributed by atoms with E-state index < -0.39 is 11.8 Å². The highest BCUT2D eigenvalue weighted by atomic mass is 16.6. The summed E-state index contributed by atoms with van der Waals surface area (Å²) < 4.78 is 15.7. The zero-order chi connectivity index (χ0) is 16.9. The molecule has 0 bridgehead atoms. The zero-order valence-electron chi connectivity index (χ0n) is 13.8. The van der Waals surface area contributed by atoms with E-state index in [1.165, 1.54) is 7.11 Å². The molecule has 23 heavy (non-hydrogen) atoms. The van der Waals surface area contributed by atoms with Crippen molar-refractivity contribution in [3.63, 3.8) is 0 Å². The van der Waals surface area contributed by atoms with Gasteiger partial charge in [0.25, 0.3) is 0 Å². The predicted molar refractivity (Wildman–Crippen MR) is 83.5 cm³/mol. The largest absolute Gasteiger partial charge is 0.469 e. The van der Waals surface area contributed by atoms with Gasteiger partial charge in [-0.1, -0.05) is 30.3 Å². The molecule has 0 spiro atoms. The molecule has 1 aliphatic heterocycles. The lowest BCUT2D eigenvalue weighted by Crippen LogP contribution is -2.48. The molecule has 1 aliphatic rings. The Balaban J connectivity index is 1.97. The Kier molecular flexibility index (Phi) is 5.60. The number of esters is 1. The summed E-state index contributed by atoms with van der Waals surface area (Å²) in [6.45, 7) is 4.21. The number of amides is 1. The van der Waals surface area contributed by atoms with Gasteiger partial charge in [-0.25, -0.2) is 4.79 Å². The number of carbonyl (C=O) groups excluding carboxylic acids is 2. The Hall–Kier alpha value is -2.08. The van der Waals surface area contributed by atoms with E-state index in [0.29, 0.717) is 13.0 Å². The molecule has 6 nitrogen and oxygen atoms in total. The molecular weight excluding hydrogens is 298 g/mol. The van der Waals surface area contributed by atoms with Crippen molar-refractivity contribution in [3.05, 3.63) is 35.9 Å². The van der Waals surface area contributed by atoms with Gasteiger partial charge < -0.3 is 14.2 Å². The number of ether oxygens (including phenoxy) is 3. The van der Waals surface area contributed by atoms with Crippen molar-refractivity contribution in [2.45, 2.75) is 45.1 Å². The van der Waals surface area contributed by atoms with E-state index in [1.807, 2.05) is 44.2 Å². The van der Waals surface area contributed by atoms with E-state index in [-0.39, 0.29) is 25.0 Å². The fraction of sp³-hybridized carbons (Fsp3) is 0.529. The van der Waals surface area contributed by atoms with Gasteiger partial charge in [0, 0.05) is 6.42 Å². The molecule has 0 saturated carbocycles. The van der Waals surface area contributed by atoms with Gasteiger partial charge in [0.15, 0.2) is 0 Å². The molecule has 1 atom stereocenters. The molecule has 0 aliphatic carbocycles. The number of carbonyl (C=O) groups is 2.